The molecule has 0 aliphatic heterocycles. The van der Waals surface area contributed by atoms with Gasteiger partial charge in [-0.05, 0) is 193 Å². The smallest absolute Gasteiger partial charge is 0.462 e. The van der Waals surface area contributed by atoms with E-state index in [1.807, 2.05) is 12.2 Å². The van der Waals surface area contributed by atoms with E-state index in [1.54, 1.807) is 0 Å². The van der Waals surface area contributed by atoms with E-state index in [0.717, 1.165) is 186 Å². The number of allylic oxidation sites excluding steroid dienone is 38. The Morgan fingerprint density at radius 3 is 0.705 bits per heavy atom. The highest BCUT2D eigenvalue weighted by molar-refractivity contribution is 7.47. The Balaban J connectivity index is 5.56. The van der Waals surface area contributed by atoms with Crippen LogP contribution in [0.1, 0.15) is 272 Å². The molecule has 0 aromatic heterocycles. The largest absolute Gasteiger partial charge is 0.472 e. The zero-order chi connectivity index (χ0) is 81.7. The van der Waals surface area contributed by atoms with E-state index in [0.29, 0.717) is 32.1 Å². The van der Waals surface area contributed by atoms with Crippen molar-refractivity contribution in [3.63, 3.8) is 0 Å². The molecule has 3 N–H and O–H groups in total. The van der Waals surface area contributed by atoms with Gasteiger partial charge in [0.2, 0.25) is 0 Å². The first-order valence-electron chi connectivity index (χ1n) is 41.6. The minimum atomic E-state index is -5.02. The van der Waals surface area contributed by atoms with E-state index in [2.05, 4.69) is 246 Å². The number of ether oxygens (including phenoxy) is 4. The van der Waals surface area contributed by atoms with Gasteiger partial charge in [-0.2, -0.15) is 0 Å². The highest BCUT2D eigenvalue weighted by Crippen LogP contribution is 2.45. The first-order chi connectivity index (χ1) is 54.7. The van der Waals surface area contributed by atoms with Crippen LogP contribution in [0.25, 0.3) is 0 Å². The predicted octanol–water partition coefficient (Wildman–Crippen LogP) is 25.0. The molecule has 19 heteroatoms. The fraction of sp³-hybridized carbons (Fsp3) is 0.548. The maximum absolute atomic E-state index is 13.1. The summed E-state index contributed by atoms with van der Waals surface area (Å²) in [6.07, 6.45) is 106. The van der Waals surface area contributed by atoms with Crippen LogP contribution in [0.4, 0.5) is 0 Å². The van der Waals surface area contributed by atoms with Crippen LogP contribution in [-0.2, 0) is 65.4 Å². The van der Waals surface area contributed by atoms with Crippen molar-refractivity contribution in [2.75, 3.05) is 39.6 Å². The van der Waals surface area contributed by atoms with Crippen molar-refractivity contribution < 1.29 is 80.2 Å². The summed E-state index contributed by atoms with van der Waals surface area (Å²) in [5.41, 5.74) is 0. The zero-order valence-electron chi connectivity index (χ0n) is 68.7. The molecule has 0 spiro atoms. The molecule has 0 rings (SSSR count). The molecule has 628 valence electrons. The second kappa shape index (κ2) is 82.1. The monoisotopic (exact) mass is 1590 g/mol. The third kappa shape index (κ3) is 81.1. The molecule has 112 heavy (non-hydrogen) atoms. The van der Waals surface area contributed by atoms with E-state index < -0.39 is 97.5 Å². The molecule has 0 radical (unpaired) electrons. The number of aliphatic hydroxyl groups excluding tert-OH is 1. The molecule has 0 aliphatic carbocycles. The number of hydrogen-bond acceptors (Lipinski definition) is 15. The minimum Gasteiger partial charge on any atom is -0.462 e. The summed E-state index contributed by atoms with van der Waals surface area (Å²) >= 11 is 0. The first-order valence-corrected chi connectivity index (χ1v) is 44.6. The van der Waals surface area contributed by atoms with Gasteiger partial charge in [0, 0.05) is 25.7 Å². The van der Waals surface area contributed by atoms with Crippen molar-refractivity contribution in [2.24, 2.45) is 0 Å². The topological polar surface area (TPSA) is 237 Å². The van der Waals surface area contributed by atoms with Gasteiger partial charge in [0.05, 0.1) is 26.4 Å². The summed E-state index contributed by atoms with van der Waals surface area (Å²) < 4.78 is 68.6. The van der Waals surface area contributed by atoms with Gasteiger partial charge in [-0.3, -0.25) is 37.3 Å². The Hall–Kier alpha value is -6.88. The molecule has 17 nitrogen and oxygen atoms in total. The summed E-state index contributed by atoms with van der Waals surface area (Å²) in [7, 11) is -10.0. The molecule has 0 bridgehead atoms. The minimum absolute atomic E-state index is 0.00288. The van der Waals surface area contributed by atoms with Crippen LogP contribution in [0.2, 0.25) is 0 Å². The van der Waals surface area contributed by atoms with E-state index in [9.17, 15) is 43.2 Å². The number of unbranched alkanes of at least 4 members (excludes halogenated alkanes) is 11. The van der Waals surface area contributed by atoms with Crippen LogP contribution in [0, 0.1) is 0 Å². The van der Waals surface area contributed by atoms with Crippen molar-refractivity contribution in [3.8, 4) is 0 Å². The van der Waals surface area contributed by atoms with Gasteiger partial charge in [0.1, 0.15) is 19.3 Å². The van der Waals surface area contributed by atoms with Gasteiger partial charge in [0.25, 0.3) is 0 Å². The normalized spacial score (nSPS) is 15.0. The van der Waals surface area contributed by atoms with Crippen molar-refractivity contribution in [2.45, 2.75) is 290 Å². The standard InChI is InChI=1S/C93H144O17P2/c1-5-9-13-17-21-25-29-33-37-41-43-47-49-53-57-61-65-69-73-77-90(95)103-83-88(109-92(97)79-75-71-67-63-59-55-51-45-39-35-31-27-23-19-15-11-7-3)85-107-111(99,100)105-81-87(94)82-106-112(101,102)108-86-89(110-93(98)80-76-72-68-64-60-56-52-46-40-36-32-28-24-20-16-12-8-4)84-104-91(96)78-74-70-66-62-58-54-50-48-44-42-38-34-30-26-22-18-14-10-6-2/h9-16,21-28,33-40,43-44,47-48,51-58,63,67,87-89,94H,5-8,17-20,29-32,41-42,45-46,49-50,59-62,64-66,68-86H2,1-4H3,(H,99,100)(H,101,102)/b13-9-,14-10-,15-11-,16-12-,25-21-,26-22-,27-23-,28-24-,37-33-,38-34-,39-35-,40-36-,47-43-,48-44-,55-51-,56-52-,57-53-,58-54-,67-63-. The third-order valence-corrected chi connectivity index (χ3v) is 18.0. The van der Waals surface area contributed by atoms with Crippen molar-refractivity contribution in [3.05, 3.63) is 231 Å². The number of phosphoric ester groups is 2. The summed E-state index contributed by atoms with van der Waals surface area (Å²) in [6, 6.07) is 0. The van der Waals surface area contributed by atoms with Gasteiger partial charge < -0.3 is 33.8 Å². The average molecular weight is 1600 g/mol. The molecule has 0 amide bonds. The Labute approximate surface area is 676 Å². The molecule has 0 aromatic rings. The predicted molar refractivity (Wildman–Crippen MR) is 463 cm³/mol. The van der Waals surface area contributed by atoms with E-state index in [1.165, 1.54) is 0 Å². The van der Waals surface area contributed by atoms with Crippen molar-refractivity contribution >= 4 is 39.5 Å². The first kappa shape index (κ1) is 105. The molecular formula is C93H144O17P2. The number of aliphatic hydroxyl groups is 1. The molecule has 0 saturated heterocycles. The number of carbonyl (C=O) groups excluding carboxylic acids is 4. The third-order valence-electron chi connectivity index (χ3n) is 16.1. The lowest BCUT2D eigenvalue weighted by Gasteiger charge is -2.21. The van der Waals surface area contributed by atoms with Gasteiger partial charge in [-0.25, -0.2) is 9.13 Å². The van der Waals surface area contributed by atoms with Crippen molar-refractivity contribution in [1.29, 1.82) is 0 Å². The Kier molecular flexibility index (Phi) is 77.1. The molecule has 0 saturated carbocycles. The Bertz CT molecular complexity index is 3040. The second-order valence-electron chi connectivity index (χ2n) is 26.5. The van der Waals surface area contributed by atoms with Crippen LogP contribution in [0.3, 0.4) is 0 Å². The van der Waals surface area contributed by atoms with Gasteiger partial charge in [-0.1, -0.05) is 284 Å². The Morgan fingerprint density at radius 1 is 0.250 bits per heavy atom. The van der Waals surface area contributed by atoms with Crippen LogP contribution in [0.15, 0.2) is 231 Å². The highest BCUT2D eigenvalue weighted by Gasteiger charge is 2.30. The van der Waals surface area contributed by atoms with E-state index in [-0.39, 0.29) is 25.7 Å². The summed E-state index contributed by atoms with van der Waals surface area (Å²) in [5.74, 6) is -2.37. The highest BCUT2D eigenvalue weighted by atomic mass is 31.2. The van der Waals surface area contributed by atoms with Crippen LogP contribution >= 0.6 is 15.6 Å². The lowest BCUT2D eigenvalue weighted by Crippen LogP contribution is -2.30. The fourth-order valence-electron chi connectivity index (χ4n) is 9.95. The quantitative estimate of drug-likeness (QED) is 0.0169. The molecule has 5 atom stereocenters. The number of hydrogen-bond donors (Lipinski definition) is 3. The molecule has 0 heterocycles. The van der Waals surface area contributed by atoms with Gasteiger partial charge in [-0.15, -0.1) is 0 Å². The van der Waals surface area contributed by atoms with Crippen LogP contribution in [-0.4, -0.2) is 96.7 Å². The lowest BCUT2D eigenvalue weighted by atomic mass is 10.1. The molecule has 0 fully saturated rings. The summed E-state index contributed by atoms with van der Waals surface area (Å²) in [5, 5.41) is 10.7. The SMILES string of the molecule is CC/C=C\C/C=C\C/C=C\C/C=C\C/C=C\CCCCCC(=O)OCC(COP(=O)(O)OCC(O)COP(=O)(O)OCC(COC(=O)CCCCC/C=C\C/C=C\C/C=C\C/C=C\C/C=C\CC)OC(=O)CCCCCC/C=C\C/C=C\C/C=C\C/C=C\CC)OC(=O)CCC/C=C\C/C=C\C/C=C\C/C=C\C/C=C\CC. The molecule has 5 unspecified atom stereocenters. The van der Waals surface area contributed by atoms with Crippen LogP contribution < -0.4 is 0 Å². The van der Waals surface area contributed by atoms with Crippen LogP contribution in [0.5, 0.6) is 0 Å². The summed E-state index contributed by atoms with van der Waals surface area (Å²) in [6.45, 7) is 4.21. The molecule has 0 aliphatic rings. The van der Waals surface area contributed by atoms with Gasteiger partial charge in [0.15, 0.2) is 12.2 Å². The number of carbonyl (C=O) groups is 4. The average Bonchev–Trinajstić information content (AvgIpc) is 0.895. The number of phosphoric acid groups is 2. The lowest BCUT2D eigenvalue weighted by molar-refractivity contribution is -0.161. The van der Waals surface area contributed by atoms with Crippen molar-refractivity contribution in [1.82, 2.24) is 0 Å². The maximum Gasteiger partial charge on any atom is 0.472 e. The zero-order valence-corrected chi connectivity index (χ0v) is 70.5. The fourth-order valence-corrected chi connectivity index (χ4v) is 11.5. The van der Waals surface area contributed by atoms with E-state index in [4.69, 9.17) is 37.0 Å². The second-order valence-corrected chi connectivity index (χ2v) is 29.4. The van der Waals surface area contributed by atoms with E-state index >= 15 is 0 Å². The molecule has 0 aromatic carbocycles. The van der Waals surface area contributed by atoms with Gasteiger partial charge >= 0.3 is 39.5 Å². The summed E-state index contributed by atoms with van der Waals surface area (Å²) in [4.78, 5) is 73.2. The number of rotatable bonds is 75. The maximum atomic E-state index is 13.1. The molecular weight excluding hydrogens is 1450 g/mol. The number of esters is 4. The Morgan fingerprint density at radius 2 is 0.446 bits per heavy atom.